The average Bonchev–Trinajstić information content (AvgIpc) is 3.15. The summed E-state index contributed by atoms with van der Waals surface area (Å²) in [5.41, 5.74) is 1.01. The van der Waals surface area contributed by atoms with Crippen LogP contribution in [0.5, 0.6) is 0 Å². The van der Waals surface area contributed by atoms with Gasteiger partial charge in [-0.3, -0.25) is 24.1 Å². The summed E-state index contributed by atoms with van der Waals surface area (Å²) in [5.74, 6) is -1.41. The molecule has 52 heavy (non-hydrogen) atoms. The van der Waals surface area contributed by atoms with Crippen molar-refractivity contribution in [1.82, 2.24) is 30.2 Å². The monoisotopic (exact) mass is 721 g/mol. The third-order valence-electron chi connectivity index (χ3n) is 8.61. The van der Waals surface area contributed by atoms with Crippen LogP contribution in [0, 0.1) is 12.4 Å². The zero-order valence-electron chi connectivity index (χ0n) is 29.7. The lowest BCUT2D eigenvalue weighted by Gasteiger charge is -2.35. The summed E-state index contributed by atoms with van der Waals surface area (Å²) in [5, 5.41) is 10.7. The Balaban J connectivity index is 1.08. The van der Waals surface area contributed by atoms with Crippen molar-refractivity contribution in [2.75, 3.05) is 99.0 Å². The second-order valence-corrected chi connectivity index (χ2v) is 12.4. The molecule has 0 unspecified atom stereocenters. The van der Waals surface area contributed by atoms with Gasteiger partial charge in [-0.05, 0) is 30.2 Å². The number of carbonyl (C=O) groups is 3. The summed E-state index contributed by atoms with van der Waals surface area (Å²) in [6.07, 6.45) is 1.90. The number of hydrogen-bond donors (Lipinski definition) is 2. The van der Waals surface area contributed by atoms with E-state index in [2.05, 4.69) is 25.3 Å². The van der Waals surface area contributed by atoms with E-state index in [9.17, 15) is 23.6 Å². The molecule has 15 heteroatoms. The first-order valence-corrected chi connectivity index (χ1v) is 17.6. The number of aromatic nitrogens is 2. The summed E-state index contributed by atoms with van der Waals surface area (Å²) in [4.78, 5) is 58.9. The summed E-state index contributed by atoms with van der Waals surface area (Å²) in [6.45, 7) is 12.8. The maximum atomic E-state index is 14.9. The Morgan fingerprint density at radius 3 is 2.35 bits per heavy atom. The van der Waals surface area contributed by atoms with Gasteiger partial charge in [0.2, 0.25) is 18.4 Å². The van der Waals surface area contributed by atoms with Gasteiger partial charge in [0.25, 0.3) is 11.5 Å². The fourth-order valence-electron chi connectivity index (χ4n) is 5.68. The maximum Gasteiger partial charge on any atom is 0.272 e. The van der Waals surface area contributed by atoms with Gasteiger partial charge in [-0.2, -0.15) is 5.10 Å². The minimum atomic E-state index is -0.605. The van der Waals surface area contributed by atoms with E-state index in [0.29, 0.717) is 120 Å². The third-order valence-corrected chi connectivity index (χ3v) is 8.61. The number of hydrogen-bond acceptors (Lipinski definition) is 9. The molecule has 14 nitrogen and oxygen atoms in total. The Bertz CT molecular complexity index is 1720. The van der Waals surface area contributed by atoms with Crippen LogP contribution in [0.15, 0.2) is 47.3 Å². The molecule has 0 saturated carbocycles. The Kier molecular flexibility index (Phi) is 16.6. The summed E-state index contributed by atoms with van der Waals surface area (Å²) >= 11 is 0. The zero-order chi connectivity index (χ0) is 37.1. The Hall–Kier alpha value is -4.75. The largest absolute Gasteiger partial charge is 0.379 e. The van der Waals surface area contributed by atoms with Crippen LogP contribution in [0.3, 0.4) is 0 Å². The van der Waals surface area contributed by atoms with Gasteiger partial charge in [-0.25, -0.2) is 16.1 Å². The predicted octanol–water partition coefficient (Wildman–Crippen LogP) is 2.12. The number of amides is 3. The first-order valence-electron chi connectivity index (χ1n) is 17.6. The zero-order valence-corrected chi connectivity index (χ0v) is 29.7. The van der Waals surface area contributed by atoms with Gasteiger partial charge < -0.3 is 34.2 Å². The quantitative estimate of drug-likeness (QED) is 0.125. The van der Waals surface area contributed by atoms with Gasteiger partial charge in [0.05, 0.1) is 56.2 Å². The van der Waals surface area contributed by atoms with E-state index in [4.69, 9.17) is 20.8 Å². The van der Waals surface area contributed by atoms with Crippen LogP contribution in [0.4, 0.5) is 4.39 Å². The highest BCUT2D eigenvalue weighted by Gasteiger charge is 2.25. The fourth-order valence-corrected chi connectivity index (χ4v) is 5.68. The SMILES string of the molecule is [C-]#[N+]CCCOCCOCCOCCCNC(=O)CN(C)C(=O)CCN1CCN(C(=O)c2cc(Cc3n[nH]c(=O)c4ccccc34)ccc2F)CC1. The molecule has 2 aromatic carbocycles. The highest BCUT2D eigenvalue weighted by molar-refractivity contribution is 5.95. The van der Waals surface area contributed by atoms with E-state index in [1.165, 1.54) is 11.0 Å². The van der Waals surface area contributed by atoms with Crippen molar-refractivity contribution < 1.29 is 33.0 Å². The van der Waals surface area contributed by atoms with Gasteiger partial charge in [0, 0.05) is 77.6 Å². The number of aromatic amines is 1. The molecule has 2 N–H and O–H groups in total. The van der Waals surface area contributed by atoms with Crippen LogP contribution in [0.25, 0.3) is 15.6 Å². The number of carbonyl (C=O) groups excluding carboxylic acids is 3. The van der Waals surface area contributed by atoms with E-state index < -0.39 is 11.7 Å². The number of rotatable bonds is 21. The molecule has 1 fully saturated rings. The number of benzene rings is 2. The van der Waals surface area contributed by atoms with E-state index in [1.54, 1.807) is 36.2 Å². The van der Waals surface area contributed by atoms with E-state index in [1.807, 2.05) is 12.1 Å². The average molecular weight is 722 g/mol. The van der Waals surface area contributed by atoms with Gasteiger partial charge >= 0.3 is 0 Å². The minimum Gasteiger partial charge on any atom is -0.379 e. The molecule has 1 aliphatic rings. The normalized spacial score (nSPS) is 13.2. The van der Waals surface area contributed by atoms with Crippen LogP contribution in [0.1, 0.15) is 40.9 Å². The first-order chi connectivity index (χ1) is 25.3. The smallest absolute Gasteiger partial charge is 0.272 e. The lowest BCUT2D eigenvalue weighted by atomic mass is 10.0. The second-order valence-electron chi connectivity index (χ2n) is 12.4. The second kappa shape index (κ2) is 21.6. The number of H-pyrrole nitrogens is 1. The fraction of sp³-hybridized carbons (Fsp3) is 0.514. The Morgan fingerprint density at radius 2 is 1.63 bits per heavy atom. The number of fused-ring (bicyclic) bond motifs is 1. The molecule has 1 aliphatic heterocycles. The molecule has 1 saturated heterocycles. The number of nitrogens with zero attached hydrogens (tertiary/aromatic N) is 5. The molecule has 1 aromatic heterocycles. The lowest BCUT2D eigenvalue weighted by molar-refractivity contribution is -0.135. The van der Waals surface area contributed by atoms with Crippen LogP contribution in [0.2, 0.25) is 0 Å². The molecule has 0 bridgehead atoms. The molecule has 0 atom stereocenters. The predicted molar refractivity (Wildman–Crippen MR) is 192 cm³/mol. The summed E-state index contributed by atoms with van der Waals surface area (Å²) in [7, 11) is 1.60. The van der Waals surface area contributed by atoms with Crippen LogP contribution in [-0.4, -0.2) is 142 Å². The topological polar surface area (TPSA) is 151 Å². The molecule has 280 valence electrons. The molecule has 4 rings (SSSR count). The van der Waals surface area contributed by atoms with Crippen molar-refractivity contribution >= 4 is 28.5 Å². The first kappa shape index (κ1) is 40.0. The standard InChI is InChI=1S/C37H48FN7O7/c1-39-12-5-19-50-21-23-52-24-22-51-20-6-13-40-34(46)27-43(2)35(47)11-14-44-15-17-45(18-16-44)37(49)31-25-28(9-10-32(31)38)26-33-29-7-3-4-8-30(29)36(48)42-41-33/h3-4,7-10,25H,5-6,11-24,26-27H2,2H3,(H,40,46)(H,42,48). The van der Waals surface area contributed by atoms with E-state index in [0.717, 1.165) is 6.42 Å². The Labute approximate surface area is 303 Å². The van der Waals surface area contributed by atoms with Crippen molar-refractivity contribution in [2.45, 2.75) is 25.7 Å². The molecule has 0 radical (unpaired) electrons. The number of ether oxygens (including phenoxy) is 3. The summed E-state index contributed by atoms with van der Waals surface area (Å²) in [6, 6.07) is 11.6. The lowest BCUT2D eigenvalue weighted by Crippen LogP contribution is -2.49. The van der Waals surface area contributed by atoms with Crippen molar-refractivity contribution in [2.24, 2.45) is 0 Å². The number of likely N-dealkylation sites (N-methyl/N-ethyl adjacent to an activating group) is 1. The minimum absolute atomic E-state index is 0.0180. The highest BCUT2D eigenvalue weighted by atomic mass is 19.1. The van der Waals surface area contributed by atoms with E-state index in [-0.39, 0.29) is 35.9 Å². The van der Waals surface area contributed by atoms with Crippen molar-refractivity contribution in [3.63, 3.8) is 0 Å². The Morgan fingerprint density at radius 1 is 0.962 bits per heavy atom. The van der Waals surface area contributed by atoms with Crippen molar-refractivity contribution in [3.05, 3.63) is 86.9 Å². The van der Waals surface area contributed by atoms with Crippen LogP contribution < -0.4 is 10.9 Å². The van der Waals surface area contributed by atoms with Crippen LogP contribution in [-0.2, 0) is 30.2 Å². The van der Waals surface area contributed by atoms with Gasteiger partial charge in [0.15, 0.2) is 0 Å². The third kappa shape index (κ3) is 12.8. The molecule has 3 amide bonds. The molecular weight excluding hydrogens is 673 g/mol. The molecule has 3 aromatic rings. The van der Waals surface area contributed by atoms with Gasteiger partial charge in [-0.15, -0.1) is 0 Å². The van der Waals surface area contributed by atoms with Crippen molar-refractivity contribution in [1.29, 1.82) is 0 Å². The molecule has 2 heterocycles. The highest BCUT2D eigenvalue weighted by Crippen LogP contribution is 2.20. The molecule has 0 spiro atoms. The number of piperazine rings is 1. The van der Waals surface area contributed by atoms with Crippen molar-refractivity contribution in [3.8, 4) is 0 Å². The van der Waals surface area contributed by atoms with Gasteiger partial charge in [-0.1, -0.05) is 24.3 Å². The van der Waals surface area contributed by atoms with Crippen LogP contribution >= 0.6 is 0 Å². The molecular formula is C37H48FN7O7. The molecule has 0 aliphatic carbocycles. The van der Waals surface area contributed by atoms with E-state index >= 15 is 0 Å². The summed E-state index contributed by atoms with van der Waals surface area (Å²) < 4.78 is 31.1. The number of halogens is 1. The number of nitrogens with one attached hydrogen (secondary N) is 2. The maximum absolute atomic E-state index is 14.9. The van der Waals surface area contributed by atoms with Gasteiger partial charge in [0.1, 0.15) is 5.82 Å².